The monoisotopic (exact) mass is 350 g/mol. The van der Waals surface area contributed by atoms with Crippen LogP contribution in [0.25, 0.3) is 10.9 Å². The molecule has 5 heteroatoms. The van der Waals surface area contributed by atoms with Gasteiger partial charge in [-0.05, 0) is 46.2 Å². The number of carbonyl (C=O) groups is 1. The molecule has 0 saturated carbocycles. The summed E-state index contributed by atoms with van der Waals surface area (Å²) in [5.74, 6) is 0.796. The molecule has 3 aromatic heterocycles. The number of amides is 1. The third-order valence-corrected chi connectivity index (χ3v) is 5.07. The van der Waals surface area contributed by atoms with Gasteiger partial charge in [0.15, 0.2) is 0 Å². The number of carbonyl (C=O) groups excluding carboxylic acids is 1. The molecule has 4 aromatic rings. The summed E-state index contributed by atoms with van der Waals surface area (Å²) >= 11 is 1.65. The van der Waals surface area contributed by atoms with Crippen LogP contribution in [0, 0.1) is 0 Å². The number of aromatic amines is 1. The lowest BCUT2D eigenvalue weighted by molar-refractivity contribution is -0.121. The summed E-state index contributed by atoms with van der Waals surface area (Å²) in [5.41, 5.74) is 3.42. The maximum absolute atomic E-state index is 12.5. The molecule has 0 aliphatic rings. The molecule has 1 amide bonds. The molecule has 25 heavy (non-hydrogen) atoms. The molecule has 126 valence electrons. The van der Waals surface area contributed by atoms with Gasteiger partial charge in [-0.15, -0.1) is 0 Å². The van der Waals surface area contributed by atoms with E-state index in [1.54, 1.807) is 17.6 Å². The second-order valence-corrected chi connectivity index (χ2v) is 6.74. The predicted octanol–water partition coefficient (Wildman–Crippen LogP) is 4.66. The number of hydrogen-bond donors (Lipinski definition) is 2. The average molecular weight is 350 g/mol. The van der Waals surface area contributed by atoms with Crippen LogP contribution in [0.3, 0.4) is 0 Å². The summed E-state index contributed by atoms with van der Waals surface area (Å²) in [6.45, 7) is 0.413. The topological polar surface area (TPSA) is 58.0 Å². The second-order valence-electron chi connectivity index (χ2n) is 5.96. The maximum Gasteiger partial charge on any atom is 0.221 e. The van der Waals surface area contributed by atoms with Crippen molar-refractivity contribution in [1.29, 1.82) is 0 Å². The molecule has 1 unspecified atom stereocenters. The van der Waals surface area contributed by atoms with Crippen LogP contribution in [0.15, 0.2) is 70.1 Å². The van der Waals surface area contributed by atoms with Crippen molar-refractivity contribution in [3.05, 3.63) is 82.6 Å². The van der Waals surface area contributed by atoms with E-state index in [-0.39, 0.29) is 11.8 Å². The van der Waals surface area contributed by atoms with Crippen molar-refractivity contribution in [3.8, 4) is 0 Å². The van der Waals surface area contributed by atoms with Crippen LogP contribution in [0.4, 0.5) is 0 Å². The van der Waals surface area contributed by atoms with Crippen LogP contribution in [0.1, 0.15) is 29.2 Å². The van der Waals surface area contributed by atoms with Gasteiger partial charge >= 0.3 is 0 Å². The summed E-state index contributed by atoms with van der Waals surface area (Å²) in [7, 11) is 0. The highest BCUT2D eigenvalue weighted by atomic mass is 32.1. The van der Waals surface area contributed by atoms with E-state index in [0.29, 0.717) is 13.0 Å². The molecule has 1 atom stereocenters. The van der Waals surface area contributed by atoms with Gasteiger partial charge in [-0.2, -0.15) is 11.3 Å². The zero-order chi connectivity index (χ0) is 17.1. The Bertz CT molecular complexity index is 955. The van der Waals surface area contributed by atoms with Gasteiger partial charge in [-0.1, -0.05) is 18.2 Å². The van der Waals surface area contributed by atoms with Gasteiger partial charge in [0.1, 0.15) is 5.76 Å². The van der Waals surface area contributed by atoms with Gasteiger partial charge in [-0.25, -0.2) is 0 Å². The minimum Gasteiger partial charge on any atom is -0.467 e. The first-order chi connectivity index (χ1) is 12.3. The number of fused-ring (bicyclic) bond motifs is 1. The Morgan fingerprint density at radius 3 is 2.92 bits per heavy atom. The molecule has 4 rings (SSSR count). The molecule has 0 spiro atoms. The Balaban J connectivity index is 1.58. The van der Waals surface area contributed by atoms with Crippen LogP contribution in [-0.4, -0.2) is 10.9 Å². The van der Waals surface area contributed by atoms with Gasteiger partial charge < -0.3 is 14.7 Å². The number of furan rings is 1. The van der Waals surface area contributed by atoms with Crippen LogP contribution in [-0.2, 0) is 11.3 Å². The number of thiophene rings is 1. The van der Waals surface area contributed by atoms with Gasteiger partial charge in [-0.3, -0.25) is 4.79 Å². The number of rotatable bonds is 6. The van der Waals surface area contributed by atoms with Crippen LogP contribution in [0.5, 0.6) is 0 Å². The second kappa shape index (κ2) is 6.99. The highest BCUT2D eigenvalue weighted by molar-refractivity contribution is 7.08. The molecule has 0 radical (unpaired) electrons. The molecular weight excluding hydrogens is 332 g/mol. The summed E-state index contributed by atoms with van der Waals surface area (Å²) in [4.78, 5) is 15.8. The number of para-hydroxylation sites is 1. The summed E-state index contributed by atoms with van der Waals surface area (Å²) in [6, 6.07) is 14.0. The van der Waals surface area contributed by atoms with Crippen LogP contribution in [0.2, 0.25) is 0 Å². The van der Waals surface area contributed by atoms with E-state index >= 15 is 0 Å². The maximum atomic E-state index is 12.5. The Hall–Kier alpha value is -2.79. The van der Waals surface area contributed by atoms with E-state index < -0.39 is 0 Å². The SMILES string of the molecule is O=C(CC(c1ccsc1)c1c[nH]c2ccccc12)NCc1ccco1. The molecule has 3 heterocycles. The summed E-state index contributed by atoms with van der Waals surface area (Å²) < 4.78 is 5.27. The van der Waals surface area contributed by atoms with Gasteiger partial charge in [0.2, 0.25) is 5.91 Å². The van der Waals surface area contributed by atoms with Crippen molar-refractivity contribution in [2.24, 2.45) is 0 Å². The molecule has 1 aromatic carbocycles. The molecule has 0 fully saturated rings. The molecule has 0 saturated heterocycles. The average Bonchev–Trinajstić information content (AvgIpc) is 3.40. The fraction of sp³-hybridized carbons (Fsp3) is 0.150. The summed E-state index contributed by atoms with van der Waals surface area (Å²) in [6.07, 6.45) is 4.04. The molecule has 0 bridgehead atoms. The quantitative estimate of drug-likeness (QED) is 0.531. The third-order valence-electron chi connectivity index (χ3n) is 4.37. The van der Waals surface area contributed by atoms with Gasteiger partial charge in [0.25, 0.3) is 0 Å². The molecule has 2 N–H and O–H groups in total. The van der Waals surface area contributed by atoms with E-state index in [9.17, 15) is 4.79 Å². The van der Waals surface area contributed by atoms with Crippen molar-refractivity contribution in [1.82, 2.24) is 10.3 Å². The smallest absolute Gasteiger partial charge is 0.221 e. The normalized spacial score (nSPS) is 12.3. The fourth-order valence-corrected chi connectivity index (χ4v) is 3.83. The minimum atomic E-state index is 0.0119. The lowest BCUT2D eigenvalue weighted by Crippen LogP contribution is -2.24. The Labute approximate surface area is 149 Å². The van der Waals surface area contributed by atoms with Crippen molar-refractivity contribution in [3.63, 3.8) is 0 Å². The van der Waals surface area contributed by atoms with Crippen LogP contribution < -0.4 is 5.32 Å². The highest BCUT2D eigenvalue weighted by Crippen LogP contribution is 2.34. The van der Waals surface area contributed by atoms with Crippen molar-refractivity contribution in [2.45, 2.75) is 18.9 Å². The number of benzene rings is 1. The Kier molecular flexibility index (Phi) is 4.39. The van der Waals surface area contributed by atoms with E-state index in [1.165, 1.54) is 5.56 Å². The lowest BCUT2D eigenvalue weighted by atomic mass is 9.89. The van der Waals surface area contributed by atoms with E-state index in [1.807, 2.05) is 30.5 Å². The first kappa shape index (κ1) is 15.7. The van der Waals surface area contributed by atoms with E-state index in [4.69, 9.17) is 4.42 Å². The van der Waals surface area contributed by atoms with Crippen molar-refractivity contribution in [2.75, 3.05) is 0 Å². The minimum absolute atomic E-state index is 0.0119. The first-order valence-corrected chi connectivity index (χ1v) is 9.13. The highest BCUT2D eigenvalue weighted by Gasteiger charge is 2.21. The lowest BCUT2D eigenvalue weighted by Gasteiger charge is -2.15. The number of nitrogens with one attached hydrogen (secondary N) is 2. The standard InChI is InChI=1S/C20H18N2O2S/c23-20(22-11-15-4-3-8-24-15)10-17(14-7-9-25-13-14)18-12-21-19-6-2-1-5-16(18)19/h1-9,12-13,17,21H,10-11H2,(H,22,23). The zero-order valence-corrected chi connectivity index (χ0v) is 14.4. The number of hydrogen-bond acceptors (Lipinski definition) is 3. The van der Waals surface area contributed by atoms with Crippen molar-refractivity contribution < 1.29 is 9.21 Å². The Morgan fingerprint density at radius 2 is 2.12 bits per heavy atom. The van der Waals surface area contributed by atoms with Crippen LogP contribution >= 0.6 is 11.3 Å². The van der Waals surface area contributed by atoms with Gasteiger partial charge in [0.05, 0.1) is 12.8 Å². The summed E-state index contributed by atoms with van der Waals surface area (Å²) in [5, 5.41) is 8.28. The molecule has 0 aliphatic heterocycles. The fourth-order valence-electron chi connectivity index (χ4n) is 3.12. The Morgan fingerprint density at radius 1 is 1.20 bits per heavy atom. The largest absolute Gasteiger partial charge is 0.467 e. The first-order valence-electron chi connectivity index (χ1n) is 8.18. The van der Waals surface area contributed by atoms with E-state index in [2.05, 4.69) is 39.3 Å². The molecular formula is C20H18N2O2S. The van der Waals surface area contributed by atoms with Gasteiger partial charge in [0, 0.05) is 29.4 Å². The number of aromatic nitrogens is 1. The van der Waals surface area contributed by atoms with Crippen molar-refractivity contribution >= 4 is 28.1 Å². The predicted molar refractivity (Wildman–Crippen MR) is 99.6 cm³/mol. The molecule has 4 nitrogen and oxygen atoms in total. The zero-order valence-electron chi connectivity index (χ0n) is 13.6. The molecule has 0 aliphatic carbocycles. The van der Waals surface area contributed by atoms with E-state index in [0.717, 1.165) is 22.2 Å². The third kappa shape index (κ3) is 3.37. The number of H-pyrrole nitrogens is 1.